The molecule has 2 rings (SSSR count). The second-order valence-corrected chi connectivity index (χ2v) is 4.53. The van der Waals surface area contributed by atoms with Gasteiger partial charge in [0.2, 0.25) is 0 Å². The number of carbonyl (C=O) groups excluding carboxylic acids is 1. The maximum atomic E-state index is 11.6. The zero-order valence-electron chi connectivity index (χ0n) is 10.8. The maximum absolute atomic E-state index is 11.6. The minimum absolute atomic E-state index is 0.178. The topological polar surface area (TPSA) is 47.6 Å². The molecule has 1 aromatic carbocycles. The van der Waals surface area contributed by atoms with Gasteiger partial charge in [-0.15, -0.1) is 0 Å². The minimum atomic E-state index is -0.194. The first-order chi connectivity index (χ1) is 8.74. The second kappa shape index (κ2) is 5.87. The summed E-state index contributed by atoms with van der Waals surface area (Å²) in [6.07, 6.45) is 1.81. The van der Waals surface area contributed by atoms with Crippen LogP contribution in [-0.2, 0) is 9.53 Å². The van der Waals surface area contributed by atoms with Gasteiger partial charge in [0, 0.05) is 0 Å². The zero-order chi connectivity index (χ0) is 13.0. The highest BCUT2D eigenvalue weighted by Crippen LogP contribution is 2.30. The van der Waals surface area contributed by atoms with Crippen LogP contribution in [0.4, 0.5) is 0 Å². The Morgan fingerprint density at radius 2 is 2.22 bits per heavy atom. The molecule has 0 aromatic heterocycles. The molecule has 1 saturated heterocycles. The minimum Gasteiger partial charge on any atom is -0.497 e. The predicted octanol–water partition coefficient (Wildman–Crippen LogP) is 1.70. The SMILES string of the molecule is COC(=O)C1CC(c2cccc(OC)c2)CCN1. The van der Waals surface area contributed by atoms with Crippen LogP contribution in [-0.4, -0.2) is 32.8 Å². The molecule has 0 aliphatic carbocycles. The normalized spacial score (nSPS) is 23.4. The van der Waals surface area contributed by atoms with Crippen molar-refractivity contribution in [2.75, 3.05) is 20.8 Å². The Morgan fingerprint density at radius 1 is 1.39 bits per heavy atom. The van der Waals surface area contributed by atoms with Gasteiger partial charge < -0.3 is 14.8 Å². The summed E-state index contributed by atoms with van der Waals surface area (Å²) in [5.74, 6) is 1.06. The van der Waals surface area contributed by atoms with Gasteiger partial charge in [0.25, 0.3) is 0 Å². The summed E-state index contributed by atoms with van der Waals surface area (Å²) < 4.78 is 10.0. The summed E-state index contributed by atoms with van der Waals surface area (Å²) in [5.41, 5.74) is 1.23. The van der Waals surface area contributed by atoms with Crippen molar-refractivity contribution in [3.8, 4) is 5.75 Å². The predicted molar refractivity (Wildman–Crippen MR) is 68.8 cm³/mol. The number of benzene rings is 1. The molecule has 18 heavy (non-hydrogen) atoms. The van der Waals surface area contributed by atoms with Crippen LogP contribution in [0.1, 0.15) is 24.3 Å². The summed E-state index contributed by atoms with van der Waals surface area (Å²) >= 11 is 0. The van der Waals surface area contributed by atoms with E-state index in [1.54, 1.807) is 7.11 Å². The van der Waals surface area contributed by atoms with Gasteiger partial charge in [-0.1, -0.05) is 12.1 Å². The van der Waals surface area contributed by atoms with Crippen LogP contribution in [0, 0.1) is 0 Å². The van der Waals surface area contributed by atoms with Crippen LogP contribution >= 0.6 is 0 Å². The molecule has 4 nitrogen and oxygen atoms in total. The first kappa shape index (κ1) is 12.9. The van der Waals surface area contributed by atoms with E-state index >= 15 is 0 Å². The van der Waals surface area contributed by atoms with E-state index in [9.17, 15) is 4.79 Å². The van der Waals surface area contributed by atoms with Crippen LogP contribution in [0.3, 0.4) is 0 Å². The van der Waals surface area contributed by atoms with E-state index in [0.717, 1.165) is 25.1 Å². The average molecular weight is 249 g/mol. The molecule has 0 saturated carbocycles. The van der Waals surface area contributed by atoms with Crippen LogP contribution in [0.5, 0.6) is 5.75 Å². The summed E-state index contributed by atoms with van der Waals surface area (Å²) in [6, 6.07) is 7.86. The highest BCUT2D eigenvalue weighted by atomic mass is 16.5. The molecule has 4 heteroatoms. The average Bonchev–Trinajstić information content (AvgIpc) is 2.46. The quantitative estimate of drug-likeness (QED) is 0.828. The van der Waals surface area contributed by atoms with Crippen molar-refractivity contribution in [2.45, 2.75) is 24.8 Å². The number of nitrogens with one attached hydrogen (secondary N) is 1. The lowest BCUT2D eigenvalue weighted by molar-refractivity contribution is -0.143. The Morgan fingerprint density at radius 3 is 2.94 bits per heavy atom. The standard InChI is InChI=1S/C14H19NO3/c1-17-12-5-3-4-10(8-12)11-6-7-15-13(9-11)14(16)18-2/h3-5,8,11,13,15H,6-7,9H2,1-2H3. The molecule has 1 aliphatic rings. The number of methoxy groups -OCH3 is 2. The van der Waals surface area contributed by atoms with Crippen LogP contribution in [0.2, 0.25) is 0 Å². The van der Waals surface area contributed by atoms with Crippen molar-refractivity contribution in [1.29, 1.82) is 0 Å². The molecular weight excluding hydrogens is 230 g/mol. The van der Waals surface area contributed by atoms with Crippen LogP contribution < -0.4 is 10.1 Å². The molecule has 0 spiro atoms. The van der Waals surface area contributed by atoms with Gasteiger partial charge in [0.1, 0.15) is 11.8 Å². The third-order valence-corrected chi connectivity index (χ3v) is 3.45. The summed E-state index contributed by atoms with van der Waals surface area (Å²) in [7, 11) is 3.10. The number of piperidine rings is 1. The zero-order valence-corrected chi connectivity index (χ0v) is 10.8. The number of rotatable bonds is 3. The third kappa shape index (κ3) is 2.82. The molecule has 98 valence electrons. The van der Waals surface area contributed by atoms with Gasteiger partial charge in [-0.05, 0) is 43.0 Å². The first-order valence-electron chi connectivity index (χ1n) is 6.19. The van der Waals surface area contributed by atoms with E-state index in [0.29, 0.717) is 5.92 Å². The van der Waals surface area contributed by atoms with Crippen molar-refractivity contribution in [1.82, 2.24) is 5.32 Å². The Balaban J connectivity index is 2.10. The van der Waals surface area contributed by atoms with Gasteiger partial charge in [0.15, 0.2) is 0 Å². The first-order valence-corrected chi connectivity index (χ1v) is 6.19. The highest BCUT2D eigenvalue weighted by molar-refractivity contribution is 5.75. The number of hydrogen-bond acceptors (Lipinski definition) is 4. The molecule has 0 bridgehead atoms. The molecule has 0 amide bonds. The van der Waals surface area contributed by atoms with E-state index in [-0.39, 0.29) is 12.0 Å². The summed E-state index contributed by atoms with van der Waals surface area (Å²) in [4.78, 5) is 11.6. The van der Waals surface area contributed by atoms with Gasteiger partial charge >= 0.3 is 5.97 Å². The van der Waals surface area contributed by atoms with Crippen molar-refractivity contribution in [2.24, 2.45) is 0 Å². The van der Waals surface area contributed by atoms with E-state index in [4.69, 9.17) is 9.47 Å². The van der Waals surface area contributed by atoms with E-state index < -0.39 is 0 Å². The fraction of sp³-hybridized carbons (Fsp3) is 0.500. The fourth-order valence-corrected chi connectivity index (χ4v) is 2.44. The Kier molecular flexibility index (Phi) is 4.20. The number of esters is 1. The van der Waals surface area contributed by atoms with Gasteiger partial charge in [-0.2, -0.15) is 0 Å². The molecule has 1 fully saturated rings. The third-order valence-electron chi connectivity index (χ3n) is 3.45. The highest BCUT2D eigenvalue weighted by Gasteiger charge is 2.28. The van der Waals surface area contributed by atoms with E-state index in [1.807, 2.05) is 18.2 Å². The smallest absolute Gasteiger partial charge is 0.322 e. The lowest BCUT2D eigenvalue weighted by Gasteiger charge is -2.29. The molecule has 1 heterocycles. The van der Waals surface area contributed by atoms with Crippen molar-refractivity contribution >= 4 is 5.97 Å². The molecular formula is C14H19NO3. The molecule has 1 aliphatic heterocycles. The molecule has 0 radical (unpaired) electrons. The van der Waals surface area contributed by atoms with Crippen molar-refractivity contribution in [3.63, 3.8) is 0 Å². The monoisotopic (exact) mass is 249 g/mol. The Labute approximate surface area is 107 Å². The van der Waals surface area contributed by atoms with E-state index in [2.05, 4.69) is 11.4 Å². The van der Waals surface area contributed by atoms with Crippen molar-refractivity contribution < 1.29 is 14.3 Å². The fourth-order valence-electron chi connectivity index (χ4n) is 2.44. The number of carbonyl (C=O) groups is 1. The van der Waals surface area contributed by atoms with Crippen molar-refractivity contribution in [3.05, 3.63) is 29.8 Å². The van der Waals surface area contributed by atoms with E-state index in [1.165, 1.54) is 12.7 Å². The lowest BCUT2D eigenvalue weighted by Crippen LogP contribution is -2.43. The van der Waals surface area contributed by atoms with Crippen LogP contribution in [0.25, 0.3) is 0 Å². The number of ether oxygens (including phenoxy) is 2. The Bertz CT molecular complexity index is 419. The second-order valence-electron chi connectivity index (χ2n) is 4.53. The molecule has 2 atom stereocenters. The molecule has 1 aromatic rings. The van der Waals surface area contributed by atoms with Gasteiger partial charge in [-0.25, -0.2) is 0 Å². The van der Waals surface area contributed by atoms with Gasteiger partial charge in [-0.3, -0.25) is 4.79 Å². The van der Waals surface area contributed by atoms with Crippen LogP contribution in [0.15, 0.2) is 24.3 Å². The molecule has 1 N–H and O–H groups in total. The number of hydrogen-bond donors (Lipinski definition) is 1. The summed E-state index contributed by atoms with van der Waals surface area (Å²) in [6.45, 7) is 0.835. The summed E-state index contributed by atoms with van der Waals surface area (Å²) in [5, 5.41) is 3.19. The molecule has 2 unspecified atom stereocenters. The lowest BCUT2D eigenvalue weighted by atomic mass is 9.86. The Hall–Kier alpha value is -1.55. The largest absolute Gasteiger partial charge is 0.497 e. The maximum Gasteiger partial charge on any atom is 0.322 e. The van der Waals surface area contributed by atoms with Gasteiger partial charge in [0.05, 0.1) is 14.2 Å².